The van der Waals surface area contributed by atoms with Crippen LogP contribution in [0.4, 0.5) is 15.8 Å². The predicted octanol–water partition coefficient (Wildman–Crippen LogP) is 4.22. The van der Waals surface area contributed by atoms with Gasteiger partial charge in [-0.2, -0.15) is 0 Å². The van der Waals surface area contributed by atoms with Crippen LogP contribution in [-0.2, 0) is 10.0 Å². The van der Waals surface area contributed by atoms with Crippen molar-refractivity contribution >= 4 is 27.3 Å². The van der Waals surface area contributed by atoms with Gasteiger partial charge in [-0.1, -0.05) is 12.1 Å². The smallest absolute Gasteiger partial charge is 0.264 e. The molecule has 0 atom stereocenters. The van der Waals surface area contributed by atoms with Crippen LogP contribution in [0, 0.1) is 12.7 Å². The zero-order valence-electron chi connectivity index (χ0n) is 16.7. The fourth-order valence-electron chi connectivity index (χ4n) is 2.81. The third-order valence-electron chi connectivity index (χ3n) is 4.64. The van der Waals surface area contributed by atoms with Crippen LogP contribution in [0.2, 0.25) is 0 Å². The standard InChI is InChI=1S/C22H21FN2O4S/c1-15-7-8-17(23)14-21(15)24-22(26)16-5-4-6-20(13-16)30(27,28)25(2)18-9-11-19(29-3)12-10-18/h4-14H,1-3H3,(H,24,26). The number of carbonyl (C=O) groups excluding carboxylic acids is 1. The molecule has 0 aliphatic rings. The van der Waals surface area contributed by atoms with Gasteiger partial charge in [0, 0.05) is 18.3 Å². The Labute approximate surface area is 175 Å². The third kappa shape index (κ3) is 4.44. The Balaban J connectivity index is 1.87. The quantitative estimate of drug-likeness (QED) is 0.638. The molecule has 0 unspecified atom stereocenters. The molecule has 0 saturated heterocycles. The number of carbonyl (C=O) groups is 1. The van der Waals surface area contributed by atoms with Crippen molar-refractivity contribution in [3.63, 3.8) is 0 Å². The Hall–Kier alpha value is -3.39. The fraction of sp³-hybridized carbons (Fsp3) is 0.136. The molecule has 8 heteroatoms. The van der Waals surface area contributed by atoms with E-state index in [-0.39, 0.29) is 10.5 Å². The van der Waals surface area contributed by atoms with E-state index in [1.807, 2.05) is 0 Å². The first-order chi connectivity index (χ1) is 14.2. The van der Waals surface area contributed by atoms with Gasteiger partial charge < -0.3 is 10.1 Å². The monoisotopic (exact) mass is 428 g/mol. The zero-order valence-corrected chi connectivity index (χ0v) is 17.5. The first-order valence-corrected chi connectivity index (χ1v) is 10.5. The predicted molar refractivity (Wildman–Crippen MR) is 114 cm³/mol. The molecule has 0 heterocycles. The Morgan fingerprint density at radius 1 is 1.03 bits per heavy atom. The number of nitrogens with one attached hydrogen (secondary N) is 1. The number of anilines is 2. The van der Waals surface area contributed by atoms with E-state index in [0.29, 0.717) is 22.7 Å². The van der Waals surface area contributed by atoms with Gasteiger partial charge in [-0.05, 0) is 67.1 Å². The minimum atomic E-state index is -3.90. The molecule has 0 bridgehead atoms. The number of ether oxygens (including phenoxy) is 1. The first kappa shape index (κ1) is 21.3. The van der Waals surface area contributed by atoms with Crippen molar-refractivity contribution in [3.05, 3.63) is 83.7 Å². The number of rotatable bonds is 6. The summed E-state index contributed by atoms with van der Waals surface area (Å²) in [6.45, 7) is 1.74. The number of sulfonamides is 1. The summed E-state index contributed by atoms with van der Waals surface area (Å²) in [7, 11) is -0.947. The summed E-state index contributed by atoms with van der Waals surface area (Å²) in [4.78, 5) is 12.6. The van der Waals surface area contributed by atoms with Crippen LogP contribution in [0.5, 0.6) is 5.75 Å². The van der Waals surface area contributed by atoms with Crippen molar-refractivity contribution in [3.8, 4) is 5.75 Å². The van der Waals surface area contributed by atoms with Crippen molar-refractivity contribution in [1.29, 1.82) is 0 Å². The van der Waals surface area contributed by atoms with Crippen LogP contribution >= 0.6 is 0 Å². The lowest BCUT2D eigenvalue weighted by Gasteiger charge is -2.20. The molecule has 30 heavy (non-hydrogen) atoms. The van der Waals surface area contributed by atoms with Crippen molar-refractivity contribution in [2.45, 2.75) is 11.8 Å². The summed E-state index contributed by atoms with van der Waals surface area (Å²) in [6, 6.07) is 16.3. The van der Waals surface area contributed by atoms with Gasteiger partial charge >= 0.3 is 0 Å². The average molecular weight is 428 g/mol. The van der Waals surface area contributed by atoms with Crippen molar-refractivity contribution < 1.29 is 22.3 Å². The normalized spacial score (nSPS) is 11.1. The minimum Gasteiger partial charge on any atom is -0.497 e. The summed E-state index contributed by atoms with van der Waals surface area (Å²) in [5.41, 5.74) is 1.60. The number of halogens is 1. The van der Waals surface area contributed by atoms with Gasteiger partial charge in [0.25, 0.3) is 15.9 Å². The van der Waals surface area contributed by atoms with Crippen molar-refractivity contribution in [2.75, 3.05) is 23.8 Å². The molecule has 156 valence electrons. The molecule has 1 N–H and O–H groups in total. The van der Waals surface area contributed by atoms with Crippen molar-refractivity contribution in [1.82, 2.24) is 0 Å². The number of hydrogen-bond donors (Lipinski definition) is 1. The van der Waals surface area contributed by atoms with E-state index < -0.39 is 21.7 Å². The van der Waals surface area contributed by atoms with Gasteiger partial charge in [-0.25, -0.2) is 12.8 Å². The highest BCUT2D eigenvalue weighted by molar-refractivity contribution is 7.92. The maximum atomic E-state index is 13.5. The molecule has 0 aliphatic carbocycles. The number of hydrogen-bond acceptors (Lipinski definition) is 4. The molecule has 0 radical (unpaired) electrons. The summed E-state index contributed by atoms with van der Waals surface area (Å²) < 4.78 is 45.8. The molecule has 1 amide bonds. The molecule has 0 spiro atoms. The van der Waals surface area contributed by atoms with E-state index in [0.717, 1.165) is 4.31 Å². The van der Waals surface area contributed by atoms with Gasteiger partial charge in [0.05, 0.1) is 17.7 Å². The van der Waals surface area contributed by atoms with Crippen LogP contribution < -0.4 is 14.4 Å². The SMILES string of the molecule is COc1ccc(N(C)S(=O)(=O)c2cccc(C(=O)Nc3cc(F)ccc3C)c2)cc1. The lowest BCUT2D eigenvalue weighted by atomic mass is 10.1. The van der Waals surface area contributed by atoms with Gasteiger partial charge in [0.2, 0.25) is 0 Å². The van der Waals surface area contributed by atoms with Crippen LogP contribution in [0.3, 0.4) is 0 Å². The Bertz CT molecular complexity index is 1180. The lowest BCUT2D eigenvalue weighted by molar-refractivity contribution is 0.102. The van der Waals surface area contributed by atoms with E-state index >= 15 is 0 Å². The molecule has 6 nitrogen and oxygen atoms in total. The maximum Gasteiger partial charge on any atom is 0.264 e. The van der Waals surface area contributed by atoms with Gasteiger partial charge in [0.1, 0.15) is 11.6 Å². The van der Waals surface area contributed by atoms with Gasteiger partial charge in [0.15, 0.2) is 0 Å². The number of nitrogens with zero attached hydrogens (tertiary/aromatic N) is 1. The molecule has 0 fully saturated rings. The fourth-order valence-corrected chi connectivity index (χ4v) is 4.05. The second-order valence-electron chi connectivity index (χ2n) is 6.61. The number of aryl methyl sites for hydroxylation is 1. The molecule has 0 aromatic heterocycles. The molecular formula is C22H21FN2O4S. The summed E-state index contributed by atoms with van der Waals surface area (Å²) >= 11 is 0. The van der Waals surface area contributed by atoms with Crippen molar-refractivity contribution in [2.24, 2.45) is 0 Å². The highest BCUT2D eigenvalue weighted by atomic mass is 32.2. The second kappa shape index (κ2) is 8.54. The topological polar surface area (TPSA) is 75.7 Å². The molecule has 3 aromatic rings. The van der Waals surface area contributed by atoms with E-state index in [1.54, 1.807) is 37.3 Å². The van der Waals surface area contributed by atoms with E-state index in [9.17, 15) is 17.6 Å². The van der Waals surface area contributed by atoms with E-state index in [1.165, 1.54) is 50.6 Å². The van der Waals surface area contributed by atoms with E-state index in [4.69, 9.17) is 4.74 Å². The molecule has 0 saturated carbocycles. The maximum absolute atomic E-state index is 13.5. The minimum absolute atomic E-state index is 0.0376. The molecule has 3 rings (SSSR count). The molecule has 0 aliphatic heterocycles. The summed E-state index contributed by atoms with van der Waals surface area (Å²) in [6.07, 6.45) is 0. The third-order valence-corrected chi connectivity index (χ3v) is 6.42. The first-order valence-electron chi connectivity index (χ1n) is 9.03. The largest absolute Gasteiger partial charge is 0.497 e. The summed E-state index contributed by atoms with van der Waals surface area (Å²) in [5, 5.41) is 2.62. The van der Waals surface area contributed by atoms with Crippen LogP contribution in [0.25, 0.3) is 0 Å². The van der Waals surface area contributed by atoms with Gasteiger partial charge in [-0.15, -0.1) is 0 Å². The van der Waals surface area contributed by atoms with Gasteiger partial charge in [-0.3, -0.25) is 9.10 Å². The summed E-state index contributed by atoms with van der Waals surface area (Å²) in [5.74, 6) is -0.406. The average Bonchev–Trinajstić information content (AvgIpc) is 2.75. The van der Waals surface area contributed by atoms with E-state index in [2.05, 4.69) is 5.32 Å². The molecule has 3 aromatic carbocycles. The molecular weight excluding hydrogens is 407 g/mol. The highest BCUT2D eigenvalue weighted by Crippen LogP contribution is 2.25. The second-order valence-corrected chi connectivity index (χ2v) is 8.58. The Morgan fingerprint density at radius 3 is 2.40 bits per heavy atom. The Kier molecular flexibility index (Phi) is 6.07. The Morgan fingerprint density at radius 2 is 1.73 bits per heavy atom. The van der Waals surface area contributed by atoms with Crippen LogP contribution in [-0.4, -0.2) is 28.5 Å². The lowest BCUT2D eigenvalue weighted by Crippen LogP contribution is -2.26. The van der Waals surface area contributed by atoms with Crippen LogP contribution in [0.1, 0.15) is 15.9 Å². The number of amides is 1. The highest BCUT2D eigenvalue weighted by Gasteiger charge is 2.22. The zero-order chi connectivity index (χ0) is 21.9. The van der Waals surface area contributed by atoms with Crippen LogP contribution in [0.15, 0.2) is 71.6 Å². The number of methoxy groups -OCH3 is 1. The number of benzene rings is 3.